The minimum absolute atomic E-state index is 0.116. The Labute approximate surface area is 88.1 Å². The SMILES string of the molecule is CCc1cc2c(o1)CC(C)C2(N)C(=O)O. The predicted molar refractivity (Wildman–Crippen MR) is 54.5 cm³/mol. The molecule has 0 amide bonds. The molecule has 1 aliphatic rings. The highest BCUT2D eigenvalue weighted by atomic mass is 16.4. The zero-order chi connectivity index (χ0) is 11.2. The summed E-state index contributed by atoms with van der Waals surface area (Å²) in [6, 6.07) is 1.78. The third kappa shape index (κ3) is 1.21. The van der Waals surface area contributed by atoms with Crippen LogP contribution in [0.1, 0.15) is 30.9 Å². The molecule has 15 heavy (non-hydrogen) atoms. The summed E-state index contributed by atoms with van der Waals surface area (Å²) in [5.74, 6) is 0.457. The summed E-state index contributed by atoms with van der Waals surface area (Å²) < 4.78 is 5.55. The molecule has 1 aromatic rings. The second-order valence-corrected chi connectivity index (χ2v) is 4.18. The average molecular weight is 209 g/mol. The normalized spacial score (nSPS) is 29.1. The van der Waals surface area contributed by atoms with Gasteiger partial charge in [-0.05, 0) is 12.0 Å². The Hall–Kier alpha value is -1.29. The fourth-order valence-corrected chi connectivity index (χ4v) is 2.19. The van der Waals surface area contributed by atoms with Gasteiger partial charge in [0.05, 0.1) is 0 Å². The summed E-state index contributed by atoms with van der Waals surface area (Å²) in [5.41, 5.74) is 5.35. The quantitative estimate of drug-likeness (QED) is 0.769. The number of carboxylic acids is 1. The van der Waals surface area contributed by atoms with E-state index in [1.54, 1.807) is 6.07 Å². The number of fused-ring (bicyclic) bond motifs is 1. The molecular formula is C11H15NO3. The van der Waals surface area contributed by atoms with E-state index in [2.05, 4.69) is 0 Å². The van der Waals surface area contributed by atoms with E-state index >= 15 is 0 Å². The molecule has 82 valence electrons. The van der Waals surface area contributed by atoms with Gasteiger partial charge in [0.2, 0.25) is 0 Å². The van der Waals surface area contributed by atoms with E-state index in [9.17, 15) is 9.90 Å². The Morgan fingerprint density at radius 2 is 2.47 bits per heavy atom. The van der Waals surface area contributed by atoms with Crippen molar-refractivity contribution in [3.05, 3.63) is 23.2 Å². The van der Waals surface area contributed by atoms with Gasteiger partial charge in [0.25, 0.3) is 0 Å². The van der Waals surface area contributed by atoms with Crippen molar-refractivity contribution in [3.8, 4) is 0 Å². The minimum Gasteiger partial charge on any atom is -0.480 e. The summed E-state index contributed by atoms with van der Waals surface area (Å²) >= 11 is 0. The van der Waals surface area contributed by atoms with Crippen LogP contribution in [0.25, 0.3) is 0 Å². The van der Waals surface area contributed by atoms with E-state index in [0.29, 0.717) is 12.0 Å². The van der Waals surface area contributed by atoms with Crippen LogP contribution in [-0.4, -0.2) is 11.1 Å². The van der Waals surface area contributed by atoms with Gasteiger partial charge in [-0.1, -0.05) is 13.8 Å². The lowest BCUT2D eigenvalue weighted by molar-refractivity contribution is -0.145. The number of furan rings is 1. The molecule has 2 atom stereocenters. The van der Waals surface area contributed by atoms with Gasteiger partial charge in [-0.25, -0.2) is 4.79 Å². The van der Waals surface area contributed by atoms with Crippen molar-refractivity contribution in [2.24, 2.45) is 11.7 Å². The van der Waals surface area contributed by atoms with E-state index < -0.39 is 11.5 Å². The summed E-state index contributed by atoms with van der Waals surface area (Å²) in [4.78, 5) is 11.2. The number of hydrogen-bond acceptors (Lipinski definition) is 3. The monoisotopic (exact) mass is 209 g/mol. The van der Waals surface area contributed by atoms with E-state index in [-0.39, 0.29) is 5.92 Å². The van der Waals surface area contributed by atoms with Crippen LogP contribution in [0.3, 0.4) is 0 Å². The van der Waals surface area contributed by atoms with Crippen LogP contribution < -0.4 is 5.73 Å². The van der Waals surface area contributed by atoms with Crippen LogP contribution in [0.15, 0.2) is 10.5 Å². The van der Waals surface area contributed by atoms with Gasteiger partial charge in [-0.3, -0.25) is 0 Å². The molecule has 1 aliphatic carbocycles. The zero-order valence-corrected chi connectivity index (χ0v) is 8.91. The summed E-state index contributed by atoms with van der Waals surface area (Å²) in [6.45, 7) is 3.81. The highest BCUT2D eigenvalue weighted by molar-refractivity contribution is 5.82. The van der Waals surface area contributed by atoms with Gasteiger partial charge in [0.15, 0.2) is 0 Å². The highest BCUT2D eigenvalue weighted by Gasteiger charge is 2.50. The second-order valence-electron chi connectivity index (χ2n) is 4.18. The van der Waals surface area contributed by atoms with Crippen LogP contribution in [0.5, 0.6) is 0 Å². The lowest BCUT2D eigenvalue weighted by atomic mass is 9.86. The Balaban J connectivity index is 2.52. The average Bonchev–Trinajstić information content (AvgIpc) is 2.67. The van der Waals surface area contributed by atoms with Gasteiger partial charge >= 0.3 is 5.97 Å². The number of carbonyl (C=O) groups is 1. The van der Waals surface area contributed by atoms with Crippen molar-refractivity contribution in [1.29, 1.82) is 0 Å². The largest absolute Gasteiger partial charge is 0.480 e. The molecule has 1 heterocycles. The molecule has 0 radical (unpaired) electrons. The molecule has 0 spiro atoms. The molecular weight excluding hydrogens is 194 g/mol. The van der Waals surface area contributed by atoms with Gasteiger partial charge in [-0.15, -0.1) is 0 Å². The molecule has 4 nitrogen and oxygen atoms in total. The van der Waals surface area contributed by atoms with E-state index in [4.69, 9.17) is 10.2 Å². The number of aryl methyl sites for hydroxylation is 1. The van der Waals surface area contributed by atoms with Crippen molar-refractivity contribution in [2.75, 3.05) is 0 Å². The molecule has 0 aliphatic heterocycles. The lowest BCUT2D eigenvalue weighted by Crippen LogP contribution is -2.47. The molecule has 0 saturated carbocycles. The molecule has 0 fully saturated rings. The van der Waals surface area contributed by atoms with Crippen LogP contribution in [0, 0.1) is 5.92 Å². The maximum atomic E-state index is 11.2. The summed E-state index contributed by atoms with van der Waals surface area (Å²) in [5, 5.41) is 9.20. The minimum atomic E-state index is -1.27. The smallest absolute Gasteiger partial charge is 0.328 e. The van der Waals surface area contributed by atoms with Crippen molar-refractivity contribution in [2.45, 2.75) is 32.2 Å². The number of rotatable bonds is 2. The predicted octanol–water partition coefficient (Wildman–Crippen LogP) is 1.27. The third-order valence-electron chi connectivity index (χ3n) is 3.28. The Bertz CT molecular complexity index is 410. The number of hydrogen-bond donors (Lipinski definition) is 2. The van der Waals surface area contributed by atoms with Crippen molar-refractivity contribution in [3.63, 3.8) is 0 Å². The van der Waals surface area contributed by atoms with E-state index in [0.717, 1.165) is 17.9 Å². The Morgan fingerprint density at radius 3 is 3.00 bits per heavy atom. The maximum Gasteiger partial charge on any atom is 0.328 e. The number of aliphatic carboxylic acids is 1. The second kappa shape index (κ2) is 3.10. The third-order valence-corrected chi connectivity index (χ3v) is 3.28. The van der Waals surface area contributed by atoms with Gasteiger partial charge in [-0.2, -0.15) is 0 Å². The van der Waals surface area contributed by atoms with Crippen molar-refractivity contribution >= 4 is 5.97 Å². The molecule has 0 aromatic carbocycles. The first-order valence-electron chi connectivity index (χ1n) is 5.14. The molecule has 3 N–H and O–H groups in total. The summed E-state index contributed by atoms with van der Waals surface area (Å²) in [6.07, 6.45) is 1.37. The van der Waals surface area contributed by atoms with Crippen LogP contribution in [0.4, 0.5) is 0 Å². The van der Waals surface area contributed by atoms with E-state index in [1.807, 2.05) is 13.8 Å². The first kappa shape index (κ1) is 10.2. The molecule has 2 rings (SSSR count). The lowest BCUT2D eigenvalue weighted by Gasteiger charge is -2.23. The molecule has 0 saturated heterocycles. The first-order chi connectivity index (χ1) is 7.00. The fraction of sp³-hybridized carbons (Fsp3) is 0.545. The molecule has 2 unspecified atom stereocenters. The fourth-order valence-electron chi connectivity index (χ4n) is 2.19. The Kier molecular flexibility index (Phi) is 2.12. The van der Waals surface area contributed by atoms with Crippen LogP contribution >= 0.6 is 0 Å². The Morgan fingerprint density at radius 1 is 1.80 bits per heavy atom. The van der Waals surface area contributed by atoms with Crippen molar-refractivity contribution in [1.82, 2.24) is 0 Å². The van der Waals surface area contributed by atoms with Gasteiger partial charge in [0.1, 0.15) is 17.1 Å². The standard InChI is InChI=1S/C11H15NO3/c1-3-7-5-8-9(15-7)4-6(2)11(8,12)10(13)14/h5-6H,3-4,12H2,1-2H3,(H,13,14). The zero-order valence-electron chi connectivity index (χ0n) is 8.91. The number of carboxylic acid groups (broad SMARTS) is 1. The van der Waals surface area contributed by atoms with Crippen LogP contribution in [-0.2, 0) is 23.2 Å². The molecule has 0 bridgehead atoms. The summed E-state index contributed by atoms with van der Waals surface area (Å²) in [7, 11) is 0. The van der Waals surface area contributed by atoms with Gasteiger partial charge < -0.3 is 15.3 Å². The molecule has 4 heteroatoms. The molecule has 1 aromatic heterocycles. The van der Waals surface area contributed by atoms with Crippen LogP contribution in [0.2, 0.25) is 0 Å². The van der Waals surface area contributed by atoms with Gasteiger partial charge in [0, 0.05) is 18.4 Å². The number of nitrogens with two attached hydrogens (primary N) is 1. The van der Waals surface area contributed by atoms with Crippen molar-refractivity contribution < 1.29 is 14.3 Å². The topological polar surface area (TPSA) is 76.5 Å². The first-order valence-corrected chi connectivity index (χ1v) is 5.14. The maximum absolute atomic E-state index is 11.2. The van der Waals surface area contributed by atoms with E-state index in [1.165, 1.54) is 0 Å². The highest BCUT2D eigenvalue weighted by Crippen LogP contribution is 2.41.